The highest BCUT2D eigenvalue weighted by Gasteiger charge is 2.42. The zero-order chi connectivity index (χ0) is 11.8. The van der Waals surface area contributed by atoms with Gasteiger partial charge in [0, 0.05) is 31.7 Å². The van der Waals surface area contributed by atoms with E-state index in [1.165, 1.54) is 5.57 Å². The number of rotatable bonds is 2. The normalized spacial score (nSPS) is 29.7. The summed E-state index contributed by atoms with van der Waals surface area (Å²) in [4.78, 5) is 2.29. The number of hydrogen-bond donors (Lipinski definition) is 1. The Kier molecular flexibility index (Phi) is 7.18. The van der Waals surface area contributed by atoms with E-state index in [2.05, 4.69) is 30.1 Å². The van der Waals surface area contributed by atoms with Gasteiger partial charge in [0.1, 0.15) is 0 Å². The van der Waals surface area contributed by atoms with Crippen molar-refractivity contribution in [3.05, 3.63) is 11.6 Å². The molecule has 0 aromatic rings. The van der Waals surface area contributed by atoms with Crippen molar-refractivity contribution in [2.75, 3.05) is 31.1 Å². The summed E-state index contributed by atoms with van der Waals surface area (Å²) in [6.07, 6.45) is 2.17. The first-order chi connectivity index (χ1) is 7.48. The van der Waals surface area contributed by atoms with Gasteiger partial charge in [-0.25, -0.2) is 8.42 Å². The van der Waals surface area contributed by atoms with Crippen LogP contribution in [0.15, 0.2) is 11.6 Å². The maximum atomic E-state index is 11.6. The van der Waals surface area contributed by atoms with Crippen LogP contribution in [0.1, 0.15) is 13.8 Å². The van der Waals surface area contributed by atoms with Gasteiger partial charge >= 0.3 is 0 Å². The highest BCUT2D eigenvalue weighted by molar-refractivity contribution is 7.91. The van der Waals surface area contributed by atoms with Crippen LogP contribution in [0.5, 0.6) is 0 Å². The van der Waals surface area contributed by atoms with Gasteiger partial charge < -0.3 is 5.32 Å². The average molecular weight is 317 g/mol. The molecule has 18 heavy (non-hydrogen) atoms. The summed E-state index contributed by atoms with van der Waals surface area (Å²) >= 11 is 0. The van der Waals surface area contributed by atoms with E-state index in [1.54, 1.807) is 0 Å². The van der Waals surface area contributed by atoms with Crippen molar-refractivity contribution in [2.45, 2.75) is 25.9 Å². The number of fused-ring (bicyclic) bond motifs is 1. The summed E-state index contributed by atoms with van der Waals surface area (Å²) in [5, 5.41) is 3.31. The minimum atomic E-state index is -2.83. The standard InChI is InChI=1S/C11H20N2O2S.2ClH/c1-9(2)3-5-13-6-4-12-10-7-16(14,15)8-11(10)13;;/h3,10-12H,4-8H2,1-2H3;2*1H/t10-,11+;;/m0../s1. The zero-order valence-electron chi connectivity index (χ0n) is 10.8. The van der Waals surface area contributed by atoms with E-state index in [0.29, 0.717) is 11.5 Å². The summed E-state index contributed by atoms with van der Waals surface area (Å²) < 4.78 is 23.2. The maximum absolute atomic E-state index is 11.6. The summed E-state index contributed by atoms with van der Waals surface area (Å²) in [5.41, 5.74) is 1.29. The van der Waals surface area contributed by atoms with Crippen molar-refractivity contribution in [3.63, 3.8) is 0 Å². The predicted octanol–water partition coefficient (Wildman–Crippen LogP) is 0.867. The van der Waals surface area contributed by atoms with Crippen molar-refractivity contribution < 1.29 is 8.42 Å². The van der Waals surface area contributed by atoms with E-state index in [-0.39, 0.29) is 36.9 Å². The largest absolute Gasteiger partial charge is 0.310 e. The first-order valence-electron chi connectivity index (χ1n) is 5.79. The predicted molar refractivity (Wildman–Crippen MR) is 79.7 cm³/mol. The van der Waals surface area contributed by atoms with Crippen LogP contribution in [-0.2, 0) is 9.84 Å². The van der Waals surface area contributed by atoms with Gasteiger partial charge in [-0.15, -0.1) is 24.8 Å². The highest BCUT2D eigenvalue weighted by atomic mass is 35.5. The molecule has 108 valence electrons. The van der Waals surface area contributed by atoms with Crippen LogP contribution in [-0.4, -0.2) is 56.5 Å². The van der Waals surface area contributed by atoms with Gasteiger partial charge in [0.15, 0.2) is 9.84 Å². The van der Waals surface area contributed by atoms with Gasteiger partial charge in [-0.2, -0.15) is 0 Å². The Hall–Kier alpha value is 0.190. The van der Waals surface area contributed by atoms with Gasteiger partial charge in [-0.05, 0) is 13.8 Å². The number of nitrogens with zero attached hydrogens (tertiary/aromatic N) is 1. The third-order valence-corrected chi connectivity index (χ3v) is 5.05. The molecule has 2 heterocycles. The second-order valence-corrected chi connectivity index (χ2v) is 7.14. The van der Waals surface area contributed by atoms with Gasteiger partial charge in [-0.3, -0.25) is 4.90 Å². The Morgan fingerprint density at radius 2 is 2.00 bits per heavy atom. The fraction of sp³-hybridized carbons (Fsp3) is 0.818. The average Bonchev–Trinajstić information content (AvgIpc) is 2.48. The quantitative estimate of drug-likeness (QED) is 0.768. The Morgan fingerprint density at radius 3 is 2.61 bits per heavy atom. The van der Waals surface area contributed by atoms with Gasteiger partial charge in [-0.1, -0.05) is 11.6 Å². The number of nitrogens with one attached hydrogen (secondary N) is 1. The van der Waals surface area contributed by atoms with Crippen LogP contribution >= 0.6 is 24.8 Å². The number of sulfone groups is 1. The molecule has 2 atom stereocenters. The van der Waals surface area contributed by atoms with Crippen molar-refractivity contribution in [2.24, 2.45) is 0 Å². The van der Waals surface area contributed by atoms with Crippen LogP contribution in [0.25, 0.3) is 0 Å². The highest BCUT2D eigenvalue weighted by Crippen LogP contribution is 2.21. The minimum Gasteiger partial charge on any atom is -0.310 e. The molecule has 4 nitrogen and oxygen atoms in total. The molecule has 0 radical (unpaired) electrons. The lowest BCUT2D eigenvalue weighted by Crippen LogP contribution is -2.57. The molecule has 2 aliphatic heterocycles. The van der Waals surface area contributed by atoms with Gasteiger partial charge in [0.05, 0.1) is 11.5 Å². The monoisotopic (exact) mass is 316 g/mol. The lowest BCUT2D eigenvalue weighted by molar-refractivity contribution is 0.165. The van der Waals surface area contributed by atoms with Crippen molar-refractivity contribution in [3.8, 4) is 0 Å². The molecule has 0 unspecified atom stereocenters. The van der Waals surface area contributed by atoms with Crippen LogP contribution in [0.3, 0.4) is 0 Å². The zero-order valence-corrected chi connectivity index (χ0v) is 13.2. The minimum absolute atomic E-state index is 0. The van der Waals surface area contributed by atoms with Gasteiger partial charge in [0.25, 0.3) is 0 Å². The fourth-order valence-corrected chi connectivity index (χ4v) is 4.46. The topological polar surface area (TPSA) is 49.4 Å². The number of allylic oxidation sites excluding steroid dienone is 1. The maximum Gasteiger partial charge on any atom is 0.153 e. The van der Waals surface area contributed by atoms with Crippen molar-refractivity contribution >= 4 is 34.7 Å². The summed E-state index contributed by atoms with van der Waals surface area (Å²) in [6, 6.07) is 0.318. The molecule has 2 saturated heterocycles. The molecule has 0 bridgehead atoms. The molecule has 1 N–H and O–H groups in total. The van der Waals surface area contributed by atoms with Crippen LogP contribution in [0.2, 0.25) is 0 Å². The number of hydrogen-bond acceptors (Lipinski definition) is 4. The Bertz CT molecular complexity index is 394. The molecule has 2 fully saturated rings. The van der Waals surface area contributed by atoms with E-state index in [9.17, 15) is 8.42 Å². The molecular formula is C11H22Cl2N2O2S. The molecule has 0 aromatic carbocycles. The van der Waals surface area contributed by atoms with Crippen molar-refractivity contribution in [1.82, 2.24) is 10.2 Å². The first-order valence-corrected chi connectivity index (χ1v) is 7.61. The molecule has 2 aliphatic rings. The molecular weight excluding hydrogens is 295 g/mol. The fourth-order valence-electron chi connectivity index (χ4n) is 2.47. The Labute approximate surface area is 122 Å². The Balaban J connectivity index is 0.00000144. The van der Waals surface area contributed by atoms with Crippen LogP contribution < -0.4 is 5.32 Å². The third-order valence-electron chi connectivity index (χ3n) is 3.33. The lowest BCUT2D eigenvalue weighted by atomic mass is 10.1. The summed E-state index contributed by atoms with van der Waals surface area (Å²) in [5.74, 6) is 0.629. The molecule has 0 aromatic heterocycles. The van der Waals surface area contributed by atoms with E-state index >= 15 is 0 Å². The molecule has 0 spiro atoms. The van der Waals surface area contributed by atoms with E-state index in [0.717, 1.165) is 19.6 Å². The smallest absolute Gasteiger partial charge is 0.153 e. The van der Waals surface area contributed by atoms with E-state index < -0.39 is 9.84 Å². The molecule has 2 rings (SSSR count). The number of halogens is 2. The number of piperazine rings is 1. The molecule has 7 heteroatoms. The SMILES string of the molecule is CC(C)=CCN1CCN[C@H]2CS(=O)(=O)C[C@H]21.Cl.Cl. The summed E-state index contributed by atoms with van der Waals surface area (Å²) in [6.45, 7) is 6.87. The molecule has 0 saturated carbocycles. The van der Waals surface area contributed by atoms with Crippen LogP contribution in [0.4, 0.5) is 0 Å². The van der Waals surface area contributed by atoms with Gasteiger partial charge in [0.2, 0.25) is 0 Å². The second kappa shape index (κ2) is 7.10. The molecule has 0 aliphatic carbocycles. The third kappa shape index (κ3) is 4.38. The van der Waals surface area contributed by atoms with E-state index in [1.807, 2.05) is 0 Å². The second-order valence-electron chi connectivity index (χ2n) is 4.98. The van der Waals surface area contributed by atoms with Crippen molar-refractivity contribution in [1.29, 1.82) is 0 Å². The van der Waals surface area contributed by atoms with E-state index in [4.69, 9.17) is 0 Å². The first kappa shape index (κ1) is 18.2. The van der Waals surface area contributed by atoms with Crippen LogP contribution in [0, 0.1) is 0 Å². The summed E-state index contributed by atoms with van der Waals surface area (Å²) in [7, 11) is -2.83. The Morgan fingerprint density at radius 1 is 1.33 bits per heavy atom. The molecule has 0 amide bonds. The lowest BCUT2D eigenvalue weighted by Gasteiger charge is -2.36.